The number of fused-ring (bicyclic) bond motifs is 1. The zero-order chi connectivity index (χ0) is 13.2. The van der Waals surface area contributed by atoms with Crippen LogP contribution in [0.3, 0.4) is 0 Å². The maximum Gasteiger partial charge on any atom is 0.222 e. The van der Waals surface area contributed by atoms with Crippen molar-refractivity contribution in [1.82, 2.24) is 10.2 Å². The van der Waals surface area contributed by atoms with Crippen LogP contribution in [-0.2, 0) is 10.5 Å². The molecule has 1 aromatic carbocycles. The van der Waals surface area contributed by atoms with Crippen LogP contribution in [-0.4, -0.2) is 36.2 Å². The van der Waals surface area contributed by atoms with Crippen LogP contribution in [0.15, 0.2) is 24.3 Å². The Hall–Kier alpha value is -1.00. The van der Waals surface area contributed by atoms with Crippen LogP contribution in [0, 0.1) is 0 Å². The largest absolute Gasteiger partial charge is 0.344 e. The highest BCUT2D eigenvalue weighted by atomic mass is 32.2. The number of carbonyl (C=O) groups is 1. The van der Waals surface area contributed by atoms with Crippen LogP contribution in [0.25, 0.3) is 0 Å². The molecule has 0 radical (unpaired) electrons. The SMILES string of the molecule is CN1CC(NC2CSCc3ccccc32)CCC1=O. The lowest BCUT2D eigenvalue weighted by Crippen LogP contribution is -2.48. The van der Waals surface area contributed by atoms with Gasteiger partial charge in [0.05, 0.1) is 0 Å². The number of carbonyl (C=O) groups excluding carboxylic acids is 1. The zero-order valence-corrected chi connectivity index (χ0v) is 12.1. The van der Waals surface area contributed by atoms with Crippen molar-refractivity contribution in [3.63, 3.8) is 0 Å². The number of thioether (sulfide) groups is 1. The Morgan fingerprint density at radius 1 is 1.37 bits per heavy atom. The van der Waals surface area contributed by atoms with Crippen molar-refractivity contribution in [2.75, 3.05) is 19.3 Å². The minimum atomic E-state index is 0.275. The molecule has 102 valence electrons. The summed E-state index contributed by atoms with van der Waals surface area (Å²) >= 11 is 1.99. The molecule has 19 heavy (non-hydrogen) atoms. The molecular formula is C15H20N2OS. The highest BCUT2D eigenvalue weighted by Gasteiger charge is 2.27. The van der Waals surface area contributed by atoms with Crippen molar-refractivity contribution in [3.8, 4) is 0 Å². The van der Waals surface area contributed by atoms with E-state index >= 15 is 0 Å². The molecule has 2 atom stereocenters. The number of piperidine rings is 1. The van der Waals surface area contributed by atoms with Gasteiger partial charge < -0.3 is 10.2 Å². The van der Waals surface area contributed by atoms with Crippen molar-refractivity contribution in [1.29, 1.82) is 0 Å². The summed E-state index contributed by atoms with van der Waals surface area (Å²) in [7, 11) is 1.90. The minimum absolute atomic E-state index is 0.275. The summed E-state index contributed by atoms with van der Waals surface area (Å²) in [5.74, 6) is 2.53. The number of amides is 1. The van der Waals surface area contributed by atoms with Crippen molar-refractivity contribution in [2.24, 2.45) is 0 Å². The molecular weight excluding hydrogens is 256 g/mol. The molecule has 2 aliphatic heterocycles. The lowest BCUT2D eigenvalue weighted by molar-refractivity contribution is -0.132. The van der Waals surface area contributed by atoms with Gasteiger partial charge in [0, 0.05) is 43.6 Å². The summed E-state index contributed by atoms with van der Waals surface area (Å²) in [4.78, 5) is 13.4. The molecule has 0 spiro atoms. The third-order valence-corrected chi connectivity index (χ3v) is 5.12. The number of likely N-dealkylation sites (N-methyl/N-ethyl adjacent to an activating group) is 1. The normalized spacial score (nSPS) is 27.2. The molecule has 0 bridgehead atoms. The fraction of sp³-hybridized carbons (Fsp3) is 0.533. The Morgan fingerprint density at radius 3 is 3.05 bits per heavy atom. The van der Waals surface area contributed by atoms with Crippen LogP contribution in [0.2, 0.25) is 0 Å². The Kier molecular flexibility index (Phi) is 3.80. The van der Waals surface area contributed by atoms with Crippen molar-refractivity contribution >= 4 is 17.7 Å². The van der Waals surface area contributed by atoms with E-state index in [2.05, 4.69) is 29.6 Å². The molecule has 1 amide bonds. The molecule has 1 aromatic rings. The summed E-state index contributed by atoms with van der Waals surface area (Å²) in [5, 5.41) is 3.75. The number of nitrogens with one attached hydrogen (secondary N) is 1. The summed E-state index contributed by atoms with van der Waals surface area (Å²) in [6.07, 6.45) is 1.64. The molecule has 2 aliphatic rings. The molecule has 1 fully saturated rings. The predicted molar refractivity (Wildman–Crippen MR) is 79.1 cm³/mol. The van der Waals surface area contributed by atoms with E-state index in [1.165, 1.54) is 11.1 Å². The number of benzene rings is 1. The highest BCUT2D eigenvalue weighted by molar-refractivity contribution is 7.98. The predicted octanol–water partition coefficient (Wildman–Crippen LogP) is 2.18. The first-order valence-corrected chi connectivity index (χ1v) is 8.05. The standard InChI is InChI=1S/C15H20N2OS/c1-17-8-12(6-7-15(17)18)16-14-10-19-9-11-4-2-3-5-13(11)14/h2-5,12,14,16H,6-10H2,1H3. The van der Waals surface area contributed by atoms with Crippen LogP contribution < -0.4 is 5.32 Å². The lowest BCUT2D eigenvalue weighted by atomic mass is 9.99. The first-order valence-electron chi connectivity index (χ1n) is 6.89. The fourth-order valence-corrected chi connectivity index (χ4v) is 4.06. The molecule has 0 saturated carbocycles. The average Bonchev–Trinajstić information content (AvgIpc) is 2.43. The molecule has 0 aliphatic carbocycles. The van der Waals surface area contributed by atoms with Gasteiger partial charge >= 0.3 is 0 Å². The highest BCUT2D eigenvalue weighted by Crippen LogP contribution is 2.32. The molecule has 0 aromatic heterocycles. The summed E-state index contributed by atoms with van der Waals surface area (Å²) in [6.45, 7) is 0.835. The van der Waals surface area contributed by atoms with E-state index in [0.29, 0.717) is 18.5 Å². The maximum atomic E-state index is 11.5. The van der Waals surface area contributed by atoms with E-state index in [0.717, 1.165) is 24.5 Å². The van der Waals surface area contributed by atoms with Gasteiger partial charge in [-0.05, 0) is 17.5 Å². The second-order valence-electron chi connectivity index (χ2n) is 5.44. The molecule has 4 heteroatoms. The maximum absolute atomic E-state index is 11.5. The summed E-state index contributed by atoms with van der Waals surface area (Å²) in [6, 6.07) is 9.58. The van der Waals surface area contributed by atoms with E-state index in [9.17, 15) is 4.79 Å². The van der Waals surface area contributed by atoms with Crippen LogP contribution in [0.4, 0.5) is 0 Å². The van der Waals surface area contributed by atoms with E-state index in [-0.39, 0.29) is 5.91 Å². The van der Waals surface area contributed by atoms with Gasteiger partial charge in [-0.15, -0.1) is 0 Å². The molecule has 2 unspecified atom stereocenters. The van der Waals surface area contributed by atoms with Gasteiger partial charge in [-0.25, -0.2) is 0 Å². The second-order valence-corrected chi connectivity index (χ2v) is 6.47. The Bertz CT molecular complexity index is 477. The number of hydrogen-bond acceptors (Lipinski definition) is 3. The number of hydrogen-bond donors (Lipinski definition) is 1. The molecule has 1 N–H and O–H groups in total. The topological polar surface area (TPSA) is 32.3 Å². The van der Waals surface area contributed by atoms with Crippen molar-refractivity contribution < 1.29 is 4.79 Å². The van der Waals surface area contributed by atoms with E-state index < -0.39 is 0 Å². The number of likely N-dealkylation sites (tertiary alicyclic amines) is 1. The summed E-state index contributed by atoms with van der Waals surface area (Å²) in [5.41, 5.74) is 2.90. The van der Waals surface area contributed by atoms with Crippen LogP contribution >= 0.6 is 11.8 Å². The van der Waals surface area contributed by atoms with Gasteiger partial charge in [0.2, 0.25) is 5.91 Å². The third kappa shape index (κ3) is 2.79. The summed E-state index contributed by atoms with van der Waals surface area (Å²) < 4.78 is 0. The average molecular weight is 276 g/mol. The van der Waals surface area contributed by atoms with Crippen LogP contribution in [0.5, 0.6) is 0 Å². The first-order chi connectivity index (χ1) is 9.24. The Balaban J connectivity index is 1.69. The van der Waals surface area contributed by atoms with Gasteiger partial charge in [0.25, 0.3) is 0 Å². The smallest absolute Gasteiger partial charge is 0.222 e. The second kappa shape index (κ2) is 5.55. The monoisotopic (exact) mass is 276 g/mol. The van der Waals surface area contributed by atoms with E-state index in [1.807, 2.05) is 23.7 Å². The van der Waals surface area contributed by atoms with Gasteiger partial charge in [-0.3, -0.25) is 4.79 Å². The lowest BCUT2D eigenvalue weighted by Gasteiger charge is -2.35. The number of rotatable bonds is 2. The molecule has 1 saturated heterocycles. The van der Waals surface area contributed by atoms with Crippen molar-refractivity contribution in [2.45, 2.75) is 30.7 Å². The number of nitrogens with zero attached hydrogens (tertiary/aromatic N) is 1. The van der Waals surface area contributed by atoms with E-state index in [4.69, 9.17) is 0 Å². The zero-order valence-electron chi connectivity index (χ0n) is 11.3. The van der Waals surface area contributed by atoms with Crippen LogP contribution in [0.1, 0.15) is 30.0 Å². The molecule has 3 rings (SSSR count). The Morgan fingerprint density at radius 2 is 2.21 bits per heavy atom. The Labute approximate surface area is 118 Å². The fourth-order valence-electron chi connectivity index (χ4n) is 2.95. The molecule has 2 heterocycles. The van der Waals surface area contributed by atoms with Crippen molar-refractivity contribution in [3.05, 3.63) is 35.4 Å². The van der Waals surface area contributed by atoms with Gasteiger partial charge in [-0.2, -0.15) is 11.8 Å². The van der Waals surface area contributed by atoms with Gasteiger partial charge in [-0.1, -0.05) is 24.3 Å². The van der Waals surface area contributed by atoms with E-state index in [1.54, 1.807) is 0 Å². The minimum Gasteiger partial charge on any atom is -0.344 e. The quantitative estimate of drug-likeness (QED) is 0.898. The van der Waals surface area contributed by atoms with Gasteiger partial charge in [0.15, 0.2) is 0 Å². The third-order valence-electron chi connectivity index (χ3n) is 4.04. The first kappa shape index (κ1) is 13.0. The molecule has 3 nitrogen and oxygen atoms in total. The van der Waals surface area contributed by atoms with Gasteiger partial charge in [0.1, 0.15) is 0 Å².